The average Bonchev–Trinajstić information content (AvgIpc) is 2.33. The van der Waals surface area contributed by atoms with Gasteiger partial charge in [0.25, 0.3) is 5.91 Å². The van der Waals surface area contributed by atoms with Gasteiger partial charge in [0.2, 0.25) is 0 Å². The van der Waals surface area contributed by atoms with E-state index in [-0.39, 0.29) is 17.9 Å². The molecule has 0 saturated carbocycles. The number of aromatic nitrogens is 1. The van der Waals surface area contributed by atoms with Crippen LogP contribution in [0.1, 0.15) is 0 Å². The number of halogens is 1. The molecule has 0 aliphatic heterocycles. The SMILES string of the molecule is NNC(=O)Cn1ccc(=O)c2cc(Cl)ccc21. The molecule has 0 radical (unpaired) electrons. The van der Waals surface area contributed by atoms with Crippen molar-refractivity contribution in [2.75, 3.05) is 0 Å². The quantitative estimate of drug-likeness (QED) is 0.467. The first-order chi connectivity index (χ1) is 8.11. The molecule has 0 aliphatic rings. The van der Waals surface area contributed by atoms with Crippen LogP contribution >= 0.6 is 11.6 Å². The number of carbonyl (C=O) groups excluding carboxylic acids is 1. The normalized spacial score (nSPS) is 10.5. The first-order valence-electron chi connectivity index (χ1n) is 4.90. The summed E-state index contributed by atoms with van der Waals surface area (Å²) in [6.07, 6.45) is 1.55. The second-order valence-electron chi connectivity index (χ2n) is 3.54. The molecule has 1 amide bonds. The third kappa shape index (κ3) is 2.30. The summed E-state index contributed by atoms with van der Waals surface area (Å²) >= 11 is 5.83. The zero-order valence-corrected chi connectivity index (χ0v) is 9.57. The van der Waals surface area contributed by atoms with Gasteiger partial charge in [-0.1, -0.05) is 11.6 Å². The second-order valence-corrected chi connectivity index (χ2v) is 3.97. The topological polar surface area (TPSA) is 77.1 Å². The molecule has 0 spiro atoms. The summed E-state index contributed by atoms with van der Waals surface area (Å²) in [5.41, 5.74) is 2.55. The van der Waals surface area contributed by atoms with Gasteiger partial charge >= 0.3 is 0 Å². The van der Waals surface area contributed by atoms with Gasteiger partial charge in [0.05, 0.1) is 5.52 Å². The fourth-order valence-corrected chi connectivity index (χ4v) is 1.79. The van der Waals surface area contributed by atoms with Crippen LogP contribution in [0.5, 0.6) is 0 Å². The summed E-state index contributed by atoms with van der Waals surface area (Å²) in [7, 11) is 0. The van der Waals surface area contributed by atoms with Crippen LogP contribution < -0.4 is 16.7 Å². The van der Waals surface area contributed by atoms with Gasteiger partial charge < -0.3 is 4.57 Å². The van der Waals surface area contributed by atoms with Gasteiger partial charge in [-0.15, -0.1) is 0 Å². The number of rotatable bonds is 2. The zero-order chi connectivity index (χ0) is 12.4. The second kappa shape index (κ2) is 4.57. The van der Waals surface area contributed by atoms with E-state index < -0.39 is 0 Å². The van der Waals surface area contributed by atoms with E-state index >= 15 is 0 Å². The van der Waals surface area contributed by atoms with E-state index in [9.17, 15) is 9.59 Å². The molecule has 0 saturated heterocycles. The van der Waals surface area contributed by atoms with Crippen LogP contribution in [0, 0.1) is 0 Å². The first-order valence-corrected chi connectivity index (χ1v) is 5.28. The van der Waals surface area contributed by atoms with Gasteiger partial charge in [-0.25, -0.2) is 5.84 Å². The van der Waals surface area contributed by atoms with Crippen LogP contribution in [0.4, 0.5) is 0 Å². The fraction of sp³-hybridized carbons (Fsp3) is 0.0909. The Kier molecular flexibility index (Phi) is 3.12. The third-order valence-electron chi connectivity index (χ3n) is 2.41. The predicted octanol–water partition coefficient (Wildman–Crippen LogP) is 0.645. The molecular formula is C11H10ClN3O2. The molecule has 0 atom stereocenters. The Morgan fingerprint density at radius 1 is 1.41 bits per heavy atom. The van der Waals surface area contributed by atoms with Crippen LogP contribution in [0.15, 0.2) is 35.3 Å². The predicted molar refractivity (Wildman–Crippen MR) is 65.5 cm³/mol. The Hall–Kier alpha value is -1.85. The lowest BCUT2D eigenvalue weighted by Crippen LogP contribution is -2.33. The van der Waals surface area contributed by atoms with Crippen molar-refractivity contribution in [2.45, 2.75) is 6.54 Å². The van der Waals surface area contributed by atoms with Crippen molar-refractivity contribution in [2.24, 2.45) is 5.84 Å². The number of hydrogen-bond donors (Lipinski definition) is 2. The highest BCUT2D eigenvalue weighted by Gasteiger charge is 2.06. The molecule has 6 heteroatoms. The van der Waals surface area contributed by atoms with Crippen molar-refractivity contribution in [3.63, 3.8) is 0 Å². The summed E-state index contributed by atoms with van der Waals surface area (Å²) < 4.78 is 1.63. The summed E-state index contributed by atoms with van der Waals surface area (Å²) in [6, 6.07) is 6.33. The smallest absolute Gasteiger partial charge is 0.253 e. The minimum Gasteiger partial charge on any atom is -0.338 e. The molecule has 2 aromatic rings. The number of nitrogens with two attached hydrogens (primary N) is 1. The summed E-state index contributed by atoms with van der Waals surface area (Å²) in [5, 5.41) is 0.959. The number of carbonyl (C=O) groups is 1. The molecule has 3 N–H and O–H groups in total. The van der Waals surface area contributed by atoms with E-state index in [1.807, 2.05) is 5.43 Å². The first kappa shape index (κ1) is 11.6. The Balaban J connectivity index is 2.62. The lowest BCUT2D eigenvalue weighted by molar-refractivity contribution is -0.121. The highest BCUT2D eigenvalue weighted by atomic mass is 35.5. The highest BCUT2D eigenvalue weighted by molar-refractivity contribution is 6.31. The van der Waals surface area contributed by atoms with Crippen molar-refractivity contribution in [3.05, 3.63) is 45.7 Å². The molecule has 0 bridgehead atoms. The number of benzene rings is 1. The third-order valence-corrected chi connectivity index (χ3v) is 2.65. The molecular weight excluding hydrogens is 242 g/mol. The Morgan fingerprint density at radius 3 is 2.88 bits per heavy atom. The van der Waals surface area contributed by atoms with E-state index in [0.717, 1.165) is 0 Å². The molecule has 0 unspecified atom stereocenters. The van der Waals surface area contributed by atoms with Crippen LogP contribution in [0.3, 0.4) is 0 Å². The molecule has 17 heavy (non-hydrogen) atoms. The zero-order valence-electron chi connectivity index (χ0n) is 8.81. The lowest BCUT2D eigenvalue weighted by Gasteiger charge is -2.09. The van der Waals surface area contributed by atoms with E-state index in [2.05, 4.69) is 0 Å². The van der Waals surface area contributed by atoms with Crippen molar-refractivity contribution in [1.82, 2.24) is 9.99 Å². The van der Waals surface area contributed by atoms with Gasteiger partial charge in [-0.2, -0.15) is 0 Å². The number of hydrogen-bond acceptors (Lipinski definition) is 3. The van der Waals surface area contributed by atoms with Gasteiger partial charge in [-0.3, -0.25) is 15.0 Å². The van der Waals surface area contributed by atoms with Gasteiger partial charge in [0.15, 0.2) is 5.43 Å². The number of amides is 1. The van der Waals surface area contributed by atoms with E-state index in [4.69, 9.17) is 17.4 Å². The Morgan fingerprint density at radius 2 is 2.18 bits per heavy atom. The van der Waals surface area contributed by atoms with Crippen molar-refractivity contribution in [3.8, 4) is 0 Å². The van der Waals surface area contributed by atoms with Crippen LogP contribution in [0.25, 0.3) is 10.9 Å². The minimum absolute atomic E-state index is 0.0505. The number of pyridine rings is 1. The van der Waals surface area contributed by atoms with Crippen LogP contribution in [0.2, 0.25) is 5.02 Å². The monoisotopic (exact) mass is 251 g/mol. The van der Waals surface area contributed by atoms with Crippen molar-refractivity contribution >= 4 is 28.4 Å². The Bertz CT molecular complexity index is 636. The van der Waals surface area contributed by atoms with E-state index in [0.29, 0.717) is 15.9 Å². The molecule has 0 fully saturated rings. The standard InChI is InChI=1S/C11H10ClN3O2/c12-7-1-2-9-8(5-7)10(16)3-4-15(9)6-11(17)14-13/h1-5H,6,13H2,(H,14,17). The van der Waals surface area contributed by atoms with Gasteiger partial charge in [0, 0.05) is 22.7 Å². The maximum atomic E-state index is 11.6. The van der Waals surface area contributed by atoms with Gasteiger partial charge in [0.1, 0.15) is 6.54 Å². The highest BCUT2D eigenvalue weighted by Crippen LogP contribution is 2.16. The number of fused-ring (bicyclic) bond motifs is 1. The minimum atomic E-state index is -0.343. The average molecular weight is 252 g/mol. The Labute approximate surface area is 102 Å². The molecule has 88 valence electrons. The number of nitrogens with zero attached hydrogens (tertiary/aromatic N) is 1. The van der Waals surface area contributed by atoms with E-state index in [1.165, 1.54) is 6.07 Å². The van der Waals surface area contributed by atoms with E-state index in [1.54, 1.807) is 29.0 Å². The summed E-state index contributed by atoms with van der Waals surface area (Å²) in [5.74, 6) is 4.68. The largest absolute Gasteiger partial charge is 0.338 e. The fourth-order valence-electron chi connectivity index (χ4n) is 1.62. The van der Waals surface area contributed by atoms with Crippen LogP contribution in [-0.2, 0) is 11.3 Å². The molecule has 5 nitrogen and oxygen atoms in total. The maximum Gasteiger partial charge on any atom is 0.253 e. The molecule has 1 aromatic carbocycles. The van der Waals surface area contributed by atoms with Gasteiger partial charge in [-0.05, 0) is 18.2 Å². The van der Waals surface area contributed by atoms with Crippen molar-refractivity contribution < 1.29 is 4.79 Å². The van der Waals surface area contributed by atoms with Crippen LogP contribution in [-0.4, -0.2) is 10.5 Å². The molecule has 0 aliphatic carbocycles. The molecule has 1 aromatic heterocycles. The molecule has 2 rings (SSSR count). The summed E-state index contributed by atoms with van der Waals surface area (Å²) in [6.45, 7) is 0.0505. The summed E-state index contributed by atoms with van der Waals surface area (Å²) in [4.78, 5) is 22.9. The maximum absolute atomic E-state index is 11.6. The van der Waals surface area contributed by atoms with Crippen molar-refractivity contribution in [1.29, 1.82) is 0 Å². The lowest BCUT2D eigenvalue weighted by atomic mass is 10.2. The number of nitrogens with one attached hydrogen (secondary N) is 1. The molecule has 1 heterocycles. The number of hydrazine groups is 1.